The van der Waals surface area contributed by atoms with E-state index in [4.69, 9.17) is 4.74 Å². The van der Waals surface area contributed by atoms with Crippen LogP contribution in [0.3, 0.4) is 0 Å². The van der Waals surface area contributed by atoms with E-state index >= 15 is 0 Å². The quantitative estimate of drug-likeness (QED) is 0.609. The first kappa shape index (κ1) is 20.8. The number of pyridine rings is 1. The van der Waals surface area contributed by atoms with Crippen LogP contribution in [0.4, 0.5) is 11.4 Å². The van der Waals surface area contributed by atoms with Crippen LogP contribution < -0.4 is 5.32 Å². The van der Waals surface area contributed by atoms with E-state index in [1.807, 2.05) is 42.2 Å². The van der Waals surface area contributed by atoms with E-state index in [1.54, 1.807) is 12.1 Å². The van der Waals surface area contributed by atoms with Crippen molar-refractivity contribution in [3.8, 4) is 0 Å². The molecule has 1 aromatic heterocycles. The predicted molar refractivity (Wildman–Crippen MR) is 122 cm³/mol. The van der Waals surface area contributed by atoms with Gasteiger partial charge in [-0.3, -0.25) is 4.79 Å². The minimum Gasteiger partial charge on any atom is -0.465 e. The summed E-state index contributed by atoms with van der Waals surface area (Å²) in [7, 11) is 1.36. The van der Waals surface area contributed by atoms with E-state index in [2.05, 4.69) is 23.3 Å². The molecule has 1 aliphatic rings. The third kappa shape index (κ3) is 4.53. The van der Waals surface area contributed by atoms with E-state index in [1.165, 1.54) is 7.11 Å². The molecule has 1 atom stereocenters. The summed E-state index contributed by atoms with van der Waals surface area (Å²) >= 11 is 0. The lowest BCUT2D eigenvalue weighted by molar-refractivity contribution is 0.0600. The molecular weight excluding hydrogens is 390 g/mol. The van der Waals surface area contributed by atoms with Gasteiger partial charge >= 0.3 is 5.97 Å². The summed E-state index contributed by atoms with van der Waals surface area (Å²) in [5.74, 6) is 0.102. The van der Waals surface area contributed by atoms with Gasteiger partial charge in [-0.25, -0.2) is 9.78 Å². The second-order valence-corrected chi connectivity index (χ2v) is 8.27. The van der Waals surface area contributed by atoms with Crippen LogP contribution >= 0.6 is 0 Å². The van der Waals surface area contributed by atoms with Gasteiger partial charge in [0.15, 0.2) is 0 Å². The Morgan fingerprint density at radius 1 is 1.13 bits per heavy atom. The fourth-order valence-electron chi connectivity index (χ4n) is 4.05. The van der Waals surface area contributed by atoms with Crippen LogP contribution in [0, 0.1) is 12.8 Å². The Balaban J connectivity index is 1.70. The molecule has 0 radical (unpaired) electrons. The number of likely N-dealkylation sites (tertiary alicyclic amines) is 1. The molecule has 0 saturated carbocycles. The number of carbonyl (C=O) groups is 2. The molecule has 31 heavy (non-hydrogen) atoms. The van der Waals surface area contributed by atoms with Gasteiger partial charge in [0, 0.05) is 24.2 Å². The highest BCUT2D eigenvalue weighted by Gasteiger charge is 2.24. The normalized spacial score (nSPS) is 16.2. The molecule has 0 unspecified atom stereocenters. The van der Waals surface area contributed by atoms with E-state index in [0.717, 1.165) is 53.8 Å². The molecule has 160 valence electrons. The van der Waals surface area contributed by atoms with Gasteiger partial charge in [-0.05, 0) is 68.1 Å². The topological polar surface area (TPSA) is 71.5 Å². The van der Waals surface area contributed by atoms with E-state index in [0.29, 0.717) is 17.2 Å². The van der Waals surface area contributed by atoms with Crippen molar-refractivity contribution >= 4 is 34.2 Å². The number of amides is 1. The van der Waals surface area contributed by atoms with Crippen molar-refractivity contribution in [2.24, 2.45) is 5.92 Å². The van der Waals surface area contributed by atoms with Gasteiger partial charge in [0.2, 0.25) is 0 Å². The maximum absolute atomic E-state index is 13.2. The number of methoxy groups -OCH3 is 1. The molecule has 1 saturated heterocycles. The Kier molecular flexibility index (Phi) is 5.89. The van der Waals surface area contributed by atoms with Crippen LogP contribution in [-0.4, -0.2) is 42.0 Å². The van der Waals surface area contributed by atoms with Crippen LogP contribution in [0.2, 0.25) is 0 Å². The zero-order chi connectivity index (χ0) is 22.0. The number of rotatable bonds is 4. The van der Waals surface area contributed by atoms with Gasteiger partial charge < -0.3 is 15.0 Å². The lowest BCUT2D eigenvalue weighted by Gasteiger charge is -2.30. The molecule has 2 aromatic carbocycles. The van der Waals surface area contributed by atoms with Crippen molar-refractivity contribution in [1.82, 2.24) is 9.88 Å². The summed E-state index contributed by atoms with van der Waals surface area (Å²) in [5, 5.41) is 4.35. The molecule has 1 N–H and O–H groups in total. The number of fused-ring (bicyclic) bond motifs is 1. The Labute approximate surface area is 182 Å². The number of ether oxygens (including phenoxy) is 1. The number of hydrogen-bond acceptors (Lipinski definition) is 5. The van der Waals surface area contributed by atoms with Crippen LogP contribution in [-0.2, 0) is 4.74 Å². The maximum Gasteiger partial charge on any atom is 0.337 e. The second-order valence-electron chi connectivity index (χ2n) is 8.27. The lowest BCUT2D eigenvalue weighted by atomic mass is 10.00. The number of aryl methyl sites for hydroxylation is 1. The predicted octanol–water partition coefficient (Wildman–Crippen LogP) is 4.95. The van der Waals surface area contributed by atoms with Gasteiger partial charge in [-0.1, -0.05) is 18.6 Å². The van der Waals surface area contributed by atoms with Gasteiger partial charge in [-0.15, -0.1) is 0 Å². The molecular formula is C25H27N3O3. The molecule has 3 aromatic rings. The molecule has 6 heteroatoms. The molecule has 6 nitrogen and oxygen atoms in total. The lowest BCUT2D eigenvalue weighted by Crippen LogP contribution is -2.39. The van der Waals surface area contributed by atoms with Gasteiger partial charge in [-0.2, -0.15) is 0 Å². The number of esters is 1. The molecule has 0 spiro atoms. The highest BCUT2D eigenvalue weighted by Crippen LogP contribution is 2.29. The summed E-state index contributed by atoms with van der Waals surface area (Å²) in [6.45, 7) is 5.75. The summed E-state index contributed by atoms with van der Waals surface area (Å²) in [4.78, 5) is 31.5. The standard InChI is InChI=1S/C25H27N3O3/c1-16-6-11-21-20(13-16)22(26-19-9-7-18(8-10-19)25(30)31-3)14-23(27-21)24(29)28-12-4-5-17(2)15-28/h6-11,13-14,17H,4-5,12,15H2,1-3H3,(H,26,27)/t17-/m0/s1. The Morgan fingerprint density at radius 3 is 2.61 bits per heavy atom. The molecule has 4 rings (SSSR count). The van der Waals surface area contributed by atoms with Crippen LogP contribution in [0.25, 0.3) is 10.9 Å². The smallest absolute Gasteiger partial charge is 0.337 e. The van der Waals surface area contributed by atoms with Crippen molar-refractivity contribution in [2.75, 3.05) is 25.5 Å². The fraction of sp³-hybridized carbons (Fsp3) is 0.320. The third-order valence-corrected chi connectivity index (χ3v) is 5.71. The highest BCUT2D eigenvalue weighted by atomic mass is 16.5. The van der Waals surface area contributed by atoms with E-state index in [-0.39, 0.29) is 11.9 Å². The minimum atomic E-state index is -0.375. The van der Waals surface area contributed by atoms with E-state index < -0.39 is 0 Å². The van der Waals surface area contributed by atoms with Gasteiger partial charge in [0.05, 0.1) is 23.9 Å². The van der Waals surface area contributed by atoms with Crippen molar-refractivity contribution in [3.63, 3.8) is 0 Å². The number of carbonyl (C=O) groups excluding carboxylic acids is 2. The third-order valence-electron chi connectivity index (χ3n) is 5.71. The number of benzene rings is 2. The second kappa shape index (κ2) is 8.76. The Morgan fingerprint density at radius 2 is 1.90 bits per heavy atom. The van der Waals surface area contributed by atoms with Gasteiger partial charge in [0.1, 0.15) is 5.69 Å². The number of anilines is 2. The molecule has 1 aliphatic heterocycles. The molecule has 2 heterocycles. The van der Waals surface area contributed by atoms with Crippen LogP contribution in [0.15, 0.2) is 48.5 Å². The van der Waals surface area contributed by atoms with Crippen molar-refractivity contribution in [2.45, 2.75) is 26.7 Å². The first-order valence-electron chi connectivity index (χ1n) is 10.6. The molecule has 1 fully saturated rings. The average Bonchev–Trinajstić information content (AvgIpc) is 2.78. The number of aromatic nitrogens is 1. The molecule has 0 aliphatic carbocycles. The number of nitrogens with one attached hydrogen (secondary N) is 1. The summed E-state index contributed by atoms with van der Waals surface area (Å²) in [6.07, 6.45) is 2.18. The largest absolute Gasteiger partial charge is 0.465 e. The Hall–Kier alpha value is -3.41. The summed E-state index contributed by atoms with van der Waals surface area (Å²) in [5.41, 5.74) is 4.44. The fourth-order valence-corrected chi connectivity index (χ4v) is 4.05. The van der Waals surface area contributed by atoms with E-state index in [9.17, 15) is 9.59 Å². The molecule has 0 bridgehead atoms. The number of hydrogen-bond donors (Lipinski definition) is 1. The Bertz CT molecular complexity index is 1120. The zero-order valence-corrected chi connectivity index (χ0v) is 18.1. The highest BCUT2D eigenvalue weighted by molar-refractivity contribution is 6.01. The van der Waals surface area contributed by atoms with Crippen LogP contribution in [0.1, 0.15) is 46.2 Å². The zero-order valence-electron chi connectivity index (χ0n) is 18.1. The van der Waals surface area contributed by atoms with Crippen molar-refractivity contribution < 1.29 is 14.3 Å². The van der Waals surface area contributed by atoms with Crippen molar-refractivity contribution in [1.29, 1.82) is 0 Å². The first-order chi connectivity index (χ1) is 14.9. The SMILES string of the molecule is COC(=O)c1ccc(Nc2cc(C(=O)N3CCC[C@H](C)C3)nc3ccc(C)cc23)cc1. The van der Waals surface area contributed by atoms with Crippen molar-refractivity contribution in [3.05, 3.63) is 65.4 Å². The maximum atomic E-state index is 13.2. The summed E-state index contributed by atoms with van der Waals surface area (Å²) < 4.78 is 4.76. The monoisotopic (exact) mass is 417 g/mol. The molecule has 1 amide bonds. The number of piperidine rings is 1. The number of nitrogens with zero attached hydrogens (tertiary/aromatic N) is 2. The summed E-state index contributed by atoms with van der Waals surface area (Å²) in [6, 6.07) is 14.9. The average molecular weight is 418 g/mol. The van der Waals surface area contributed by atoms with Crippen LogP contribution in [0.5, 0.6) is 0 Å². The minimum absolute atomic E-state index is 0.0295. The first-order valence-corrected chi connectivity index (χ1v) is 10.6. The van der Waals surface area contributed by atoms with Gasteiger partial charge in [0.25, 0.3) is 5.91 Å².